The van der Waals surface area contributed by atoms with Gasteiger partial charge in [0.1, 0.15) is 5.54 Å². The molecule has 0 aliphatic heterocycles. The van der Waals surface area contributed by atoms with E-state index in [9.17, 15) is 24.0 Å². The van der Waals surface area contributed by atoms with Crippen LogP contribution in [-0.4, -0.2) is 64.5 Å². The summed E-state index contributed by atoms with van der Waals surface area (Å²) >= 11 is 0. The van der Waals surface area contributed by atoms with Gasteiger partial charge in [-0.2, -0.15) is 0 Å². The van der Waals surface area contributed by atoms with Crippen LogP contribution in [0.25, 0.3) is 10.9 Å². The Kier molecular flexibility index (Phi) is 12.3. The Morgan fingerprint density at radius 3 is 2.41 bits per heavy atom. The molecule has 12 heteroatoms. The standard InChI is InChI=1S/C32H42N6O6/c1-21-10-4-6-13-26(21)37-31(44)33-17-9-8-11-24(36-28(40)15-16-29(41)42)20-35-30(43)32(3,38-22(2)39)18-23-19-34-27-14-7-5-12-25(23)27/h4-7,10,12-14,19,24,34H,8-9,11,15-18,20H2,1-3H3,(H,35,43)(H,36,40)(H,38,39)(H,41,42)(H2,33,37,44)/t24-,32?/m1/s1. The average molecular weight is 607 g/mol. The lowest BCUT2D eigenvalue weighted by molar-refractivity contribution is -0.139. The molecule has 236 valence electrons. The fourth-order valence-electron chi connectivity index (χ4n) is 4.98. The minimum absolute atomic E-state index is 0.0713. The highest BCUT2D eigenvalue weighted by molar-refractivity contribution is 5.92. The quantitative estimate of drug-likeness (QED) is 0.123. The fourth-order valence-corrected chi connectivity index (χ4v) is 4.98. The van der Waals surface area contributed by atoms with Crippen molar-refractivity contribution in [1.82, 2.24) is 26.3 Å². The number of carbonyl (C=O) groups is 5. The lowest BCUT2D eigenvalue weighted by Gasteiger charge is -2.30. The Balaban J connectivity index is 1.58. The monoisotopic (exact) mass is 606 g/mol. The number of aliphatic carboxylic acids is 1. The normalized spacial score (nSPS) is 12.9. The van der Waals surface area contributed by atoms with Gasteiger partial charge in [0.2, 0.25) is 17.7 Å². The molecular weight excluding hydrogens is 564 g/mol. The van der Waals surface area contributed by atoms with Gasteiger partial charge < -0.3 is 36.7 Å². The molecule has 1 heterocycles. The van der Waals surface area contributed by atoms with Crippen LogP contribution in [0, 0.1) is 6.92 Å². The van der Waals surface area contributed by atoms with Crippen molar-refractivity contribution in [2.75, 3.05) is 18.4 Å². The van der Waals surface area contributed by atoms with E-state index in [1.165, 1.54) is 6.92 Å². The minimum atomic E-state index is -1.27. The van der Waals surface area contributed by atoms with E-state index < -0.39 is 29.4 Å². The minimum Gasteiger partial charge on any atom is -0.481 e. The second-order valence-corrected chi connectivity index (χ2v) is 11.1. The summed E-state index contributed by atoms with van der Waals surface area (Å²) in [7, 11) is 0. The number of carboxylic acids is 1. The number of urea groups is 1. The third-order valence-corrected chi connectivity index (χ3v) is 7.27. The molecule has 0 saturated heterocycles. The predicted octanol–water partition coefficient (Wildman–Crippen LogP) is 3.37. The number of aromatic nitrogens is 1. The second-order valence-electron chi connectivity index (χ2n) is 11.1. The van der Waals surface area contributed by atoms with Crippen LogP contribution in [0.4, 0.5) is 10.5 Å². The predicted molar refractivity (Wildman–Crippen MR) is 168 cm³/mol. The van der Waals surface area contributed by atoms with Crippen molar-refractivity contribution < 1.29 is 29.1 Å². The third-order valence-electron chi connectivity index (χ3n) is 7.27. The van der Waals surface area contributed by atoms with Gasteiger partial charge in [-0.05, 0) is 56.4 Å². The number of carbonyl (C=O) groups excluding carboxylic acids is 4. The smallest absolute Gasteiger partial charge is 0.319 e. The molecule has 12 nitrogen and oxygen atoms in total. The van der Waals surface area contributed by atoms with E-state index in [4.69, 9.17) is 5.11 Å². The van der Waals surface area contributed by atoms with Crippen LogP contribution in [0.2, 0.25) is 0 Å². The number of hydrogen-bond acceptors (Lipinski definition) is 5. The van der Waals surface area contributed by atoms with Crippen LogP contribution in [0.5, 0.6) is 0 Å². The van der Waals surface area contributed by atoms with Crippen molar-refractivity contribution in [2.45, 2.75) is 70.9 Å². The highest BCUT2D eigenvalue weighted by Crippen LogP contribution is 2.23. The number of amides is 5. The highest BCUT2D eigenvalue weighted by atomic mass is 16.4. The zero-order valence-corrected chi connectivity index (χ0v) is 25.4. The molecule has 1 aromatic heterocycles. The first-order chi connectivity index (χ1) is 21.0. The number of rotatable bonds is 16. The molecule has 1 unspecified atom stereocenters. The first-order valence-corrected chi connectivity index (χ1v) is 14.7. The van der Waals surface area contributed by atoms with E-state index in [0.29, 0.717) is 25.8 Å². The number of aryl methyl sites for hydroxylation is 1. The zero-order valence-electron chi connectivity index (χ0n) is 25.4. The van der Waals surface area contributed by atoms with E-state index in [1.807, 2.05) is 61.7 Å². The lowest BCUT2D eigenvalue weighted by Crippen LogP contribution is -2.59. The molecule has 0 bridgehead atoms. The van der Waals surface area contributed by atoms with E-state index in [1.54, 1.807) is 6.92 Å². The first-order valence-electron chi connectivity index (χ1n) is 14.7. The Morgan fingerprint density at radius 2 is 1.68 bits per heavy atom. The van der Waals surface area contributed by atoms with E-state index >= 15 is 0 Å². The lowest BCUT2D eigenvalue weighted by atomic mass is 9.91. The van der Waals surface area contributed by atoms with Gasteiger partial charge >= 0.3 is 12.0 Å². The molecule has 5 amide bonds. The summed E-state index contributed by atoms with van der Waals surface area (Å²) in [6.07, 6.45) is 3.25. The van der Waals surface area contributed by atoms with E-state index in [2.05, 4.69) is 31.6 Å². The number of para-hydroxylation sites is 2. The number of benzene rings is 2. The summed E-state index contributed by atoms with van der Waals surface area (Å²) in [4.78, 5) is 64.4. The van der Waals surface area contributed by atoms with Crippen molar-refractivity contribution in [3.8, 4) is 0 Å². The maximum atomic E-state index is 13.5. The highest BCUT2D eigenvalue weighted by Gasteiger charge is 2.35. The molecule has 0 radical (unpaired) electrons. The van der Waals surface area contributed by atoms with Crippen LogP contribution < -0.4 is 26.6 Å². The molecule has 44 heavy (non-hydrogen) atoms. The number of H-pyrrole nitrogens is 1. The summed E-state index contributed by atoms with van der Waals surface area (Å²) in [5, 5.41) is 24.0. The number of anilines is 1. The van der Waals surface area contributed by atoms with E-state index in [-0.39, 0.29) is 37.7 Å². The Labute approximate surface area is 256 Å². The summed E-state index contributed by atoms with van der Waals surface area (Å²) in [6.45, 7) is 5.37. The number of nitrogens with one attached hydrogen (secondary N) is 6. The first kappa shape index (κ1) is 33.6. The molecule has 3 aromatic rings. The topological polar surface area (TPSA) is 182 Å². The van der Waals surface area contributed by atoms with Gasteiger partial charge in [0.15, 0.2) is 0 Å². The van der Waals surface area contributed by atoms with Gasteiger partial charge in [0.25, 0.3) is 0 Å². The molecule has 0 aliphatic carbocycles. The Hall–Kier alpha value is -4.87. The van der Waals surface area contributed by atoms with E-state index in [0.717, 1.165) is 27.7 Å². The van der Waals surface area contributed by atoms with Gasteiger partial charge in [0, 0.05) is 61.7 Å². The Bertz CT molecular complexity index is 1470. The number of carboxylic acid groups (broad SMARTS) is 1. The SMILES string of the molecule is CC(=O)NC(C)(Cc1c[nH]c2ccccc12)C(=O)NC[C@@H](CCCCNC(=O)Nc1ccccc1C)NC(=O)CCC(=O)O. The second kappa shape index (κ2) is 16.1. The third kappa shape index (κ3) is 10.4. The van der Waals surface area contributed by atoms with Crippen LogP contribution in [0.15, 0.2) is 54.7 Å². The van der Waals surface area contributed by atoms with Crippen molar-refractivity contribution in [1.29, 1.82) is 0 Å². The van der Waals surface area contributed by atoms with Gasteiger partial charge in [-0.15, -0.1) is 0 Å². The molecular formula is C32H42N6O6. The van der Waals surface area contributed by atoms with Gasteiger partial charge in [-0.1, -0.05) is 36.4 Å². The number of aromatic amines is 1. The molecule has 2 atom stereocenters. The van der Waals surface area contributed by atoms with Crippen molar-refractivity contribution in [2.24, 2.45) is 0 Å². The summed E-state index contributed by atoms with van der Waals surface area (Å²) < 4.78 is 0. The van der Waals surface area contributed by atoms with Gasteiger partial charge in [-0.25, -0.2) is 4.79 Å². The molecule has 3 rings (SSSR count). The van der Waals surface area contributed by atoms with Crippen LogP contribution in [-0.2, 0) is 25.6 Å². The molecule has 0 saturated carbocycles. The Morgan fingerprint density at radius 1 is 0.955 bits per heavy atom. The summed E-state index contributed by atoms with van der Waals surface area (Å²) in [5.41, 5.74) is 2.18. The molecule has 0 fully saturated rings. The summed E-state index contributed by atoms with van der Waals surface area (Å²) in [5.74, 6) is -2.30. The maximum Gasteiger partial charge on any atom is 0.319 e. The van der Waals surface area contributed by atoms with Crippen LogP contribution in [0.1, 0.15) is 57.1 Å². The van der Waals surface area contributed by atoms with Gasteiger partial charge in [0.05, 0.1) is 6.42 Å². The summed E-state index contributed by atoms with van der Waals surface area (Å²) in [6, 6.07) is 14.3. The number of fused-ring (bicyclic) bond motifs is 1. The molecule has 0 aliphatic rings. The van der Waals surface area contributed by atoms with Crippen molar-refractivity contribution >= 4 is 46.3 Å². The number of unbranched alkanes of at least 4 members (excludes halogenated alkanes) is 1. The molecule has 7 N–H and O–H groups in total. The van der Waals surface area contributed by atoms with Crippen LogP contribution >= 0.6 is 0 Å². The molecule has 0 spiro atoms. The van der Waals surface area contributed by atoms with Gasteiger partial charge in [-0.3, -0.25) is 19.2 Å². The largest absolute Gasteiger partial charge is 0.481 e. The van der Waals surface area contributed by atoms with Crippen LogP contribution in [0.3, 0.4) is 0 Å². The average Bonchev–Trinajstić information content (AvgIpc) is 3.37. The zero-order chi connectivity index (χ0) is 32.1. The fraction of sp³-hybridized carbons (Fsp3) is 0.406. The van der Waals surface area contributed by atoms with Crippen molar-refractivity contribution in [3.63, 3.8) is 0 Å². The molecule has 2 aromatic carbocycles. The maximum absolute atomic E-state index is 13.5. The van der Waals surface area contributed by atoms with Crippen molar-refractivity contribution in [3.05, 3.63) is 65.9 Å². The number of hydrogen-bond donors (Lipinski definition) is 7.